The molecule has 1 N–H and O–H groups in total. The van der Waals surface area contributed by atoms with Gasteiger partial charge in [-0.15, -0.1) is 0 Å². The molecule has 0 radical (unpaired) electrons. The topological polar surface area (TPSA) is 63.6 Å². The number of unbranched alkanes of at least 4 members (excludes halogenated alkanes) is 4. The summed E-state index contributed by atoms with van der Waals surface area (Å²) in [6.45, 7) is 4.60. The molecule has 0 spiro atoms. The van der Waals surface area contributed by atoms with E-state index in [1.54, 1.807) is 0 Å². The Hall–Kier alpha value is -0.130. The molecular weight excluding hydrogens is 240 g/mol. The van der Waals surface area contributed by atoms with Crippen LogP contribution in [-0.4, -0.2) is 19.6 Å². The van der Waals surface area contributed by atoms with Crippen molar-refractivity contribution in [2.24, 2.45) is 5.92 Å². The Bertz CT molecular complexity index is 262. The van der Waals surface area contributed by atoms with Crippen LogP contribution in [0.5, 0.6) is 0 Å². The lowest BCUT2D eigenvalue weighted by molar-refractivity contribution is 0.261. The van der Waals surface area contributed by atoms with Gasteiger partial charge < -0.3 is 0 Å². The first-order chi connectivity index (χ1) is 7.95. The van der Waals surface area contributed by atoms with Gasteiger partial charge in [0.15, 0.2) is 0 Å². The molecule has 0 aromatic carbocycles. The highest BCUT2D eigenvalue weighted by molar-refractivity contribution is 7.80. The summed E-state index contributed by atoms with van der Waals surface area (Å²) in [6.07, 6.45) is 9.04. The van der Waals surface area contributed by atoms with Gasteiger partial charge in [0.05, 0.1) is 6.61 Å². The molecular formula is C12H26O4S. The van der Waals surface area contributed by atoms with Crippen molar-refractivity contribution in [2.75, 3.05) is 6.61 Å². The van der Waals surface area contributed by atoms with Crippen molar-refractivity contribution in [1.29, 1.82) is 0 Å². The Balaban J connectivity index is 3.19. The van der Waals surface area contributed by atoms with E-state index in [-0.39, 0.29) is 6.61 Å². The Morgan fingerprint density at radius 3 is 2.24 bits per heavy atom. The zero-order valence-electron chi connectivity index (χ0n) is 11.0. The van der Waals surface area contributed by atoms with Crippen molar-refractivity contribution < 1.29 is 17.2 Å². The van der Waals surface area contributed by atoms with Gasteiger partial charge in [-0.2, -0.15) is 8.42 Å². The number of hydrogen-bond donors (Lipinski definition) is 1. The van der Waals surface area contributed by atoms with Crippen LogP contribution in [0.25, 0.3) is 0 Å². The Kier molecular flexibility index (Phi) is 9.78. The van der Waals surface area contributed by atoms with E-state index in [1.165, 1.54) is 32.1 Å². The SMILES string of the molecule is CCCC(C)CCCCCCCOS(=O)(=O)O. The first-order valence-corrected chi connectivity index (χ1v) is 7.94. The fourth-order valence-electron chi connectivity index (χ4n) is 1.93. The molecule has 0 aliphatic rings. The van der Waals surface area contributed by atoms with Crippen LogP contribution < -0.4 is 0 Å². The van der Waals surface area contributed by atoms with Gasteiger partial charge in [-0.1, -0.05) is 58.8 Å². The molecule has 5 heteroatoms. The molecule has 0 saturated carbocycles. The van der Waals surface area contributed by atoms with E-state index in [9.17, 15) is 8.42 Å². The highest BCUT2D eigenvalue weighted by Gasteiger charge is 2.03. The average molecular weight is 266 g/mol. The Labute approximate surface area is 106 Å². The zero-order chi connectivity index (χ0) is 13.1. The van der Waals surface area contributed by atoms with E-state index in [2.05, 4.69) is 18.0 Å². The van der Waals surface area contributed by atoms with Crippen molar-refractivity contribution in [2.45, 2.75) is 65.2 Å². The van der Waals surface area contributed by atoms with Crippen LogP contribution in [0.2, 0.25) is 0 Å². The normalized spacial score (nSPS) is 13.8. The summed E-state index contributed by atoms with van der Waals surface area (Å²) in [4.78, 5) is 0. The number of rotatable bonds is 11. The maximum absolute atomic E-state index is 10.2. The van der Waals surface area contributed by atoms with Crippen LogP contribution in [0.1, 0.15) is 65.2 Å². The van der Waals surface area contributed by atoms with Crippen LogP contribution in [0, 0.1) is 5.92 Å². The van der Waals surface area contributed by atoms with Gasteiger partial charge in [0.2, 0.25) is 0 Å². The summed E-state index contributed by atoms with van der Waals surface area (Å²) in [5.41, 5.74) is 0. The highest BCUT2D eigenvalue weighted by Crippen LogP contribution is 2.15. The van der Waals surface area contributed by atoms with Crippen molar-refractivity contribution in [3.8, 4) is 0 Å². The largest absolute Gasteiger partial charge is 0.397 e. The molecule has 17 heavy (non-hydrogen) atoms. The van der Waals surface area contributed by atoms with Crippen molar-refractivity contribution >= 4 is 10.4 Å². The van der Waals surface area contributed by atoms with Crippen molar-refractivity contribution in [3.05, 3.63) is 0 Å². The van der Waals surface area contributed by atoms with E-state index in [4.69, 9.17) is 4.55 Å². The molecule has 0 rings (SSSR count). The monoisotopic (exact) mass is 266 g/mol. The van der Waals surface area contributed by atoms with Gasteiger partial charge in [0.1, 0.15) is 0 Å². The molecule has 0 bridgehead atoms. The number of hydrogen-bond acceptors (Lipinski definition) is 3. The summed E-state index contributed by atoms with van der Waals surface area (Å²) in [5.74, 6) is 0.822. The predicted molar refractivity (Wildman–Crippen MR) is 69.3 cm³/mol. The molecule has 0 aromatic rings. The second-order valence-electron chi connectivity index (χ2n) is 4.70. The van der Waals surface area contributed by atoms with Crippen LogP contribution in [0.4, 0.5) is 0 Å². The summed E-state index contributed by atoms with van der Waals surface area (Å²) in [6, 6.07) is 0. The third kappa shape index (κ3) is 13.8. The van der Waals surface area contributed by atoms with Gasteiger partial charge in [-0.3, -0.25) is 4.55 Å². The van der Waals surface area contributed by atoms with Crippen LogP contribution >= 0.6 is 0 Å². The molecule has 0 fully saturated rings. The van der Waals surface area contributed by atoms with Crippen LogP contribution in [-0.2, 0) is 14.6 Å². The first kappa shape index (κ1) is 16.9. The summed E-state index contributed by atoms with van der Waals surface area (Å²) < 4.78 is 33.0. The average Bonchev–Trinajstić information content (AvgIpc) is 2.21. The first-order valence-electron chi connectivity index (χ1n) is 6.57. The summed E-state index contributed by atoms with van der Waals surface area (Å²) in [5, 5.41) is 0. The van der Waals surface area contributed by atoms with E-state index < -0.39 is 10.4 Å². The Morgan fingerprint density at radius 1 is 1.06 bits per heavy atom. The molecule has 0 saturated heterocycles. The van der Waals surface area contributed by atoms with Crippen molar-refractivity contribution in [3.63, 3.8) is 0 Å². The maximum Gasteiger partial charge on any atom is 0.397 e. The van der Waals surface area contributed by atoms with Crippen LogP contribution in [0.3, 0.4) is 0 Å². The summed E-state index contributed by atoms with van der Waals surface area (Å²) in [7, 11) is -4.24. The lowest BCUT2D eigenvalue weighted by Gasteiger charge is -2.09. The molecule has 0 aliphatic carbocycles. The maximum atomic E-state index is 10.2. The van der Waals surface area contributed by atoms with Crippen LogP contribution in [0.15, 0.2) is 0 Å². The molecule has 0 aliphatic heterocycles. The molecule has 0 heterocycles. The smallest absolute Gasteiger partial charge is 0.264 e. The minimum atomic E-state index is -4.24. The van der Waals surface area contributed by atoms with Crippen molar-refractivity contribution in [1.82, 2.24) is 0 Å². The van der Waals surface area contributed by atoms with Gasteiger partial charge in [-0.05, 0) is 12.3 Å². The fraction of sp³-hybridized carbons (Fsp3) is 1.00. The van der Waals surface area contributed by atoms with Gasteiger partial charge in [-0.25, -0.2) is 4.18 Å². The Morgan fingerprint density at radius 2 is 1.65 bits per heavy atom. The minimum Gasteiger partial charge on any atom is -0.264 e. The molecule has 0 aromatic heterocycles. The van der Waals surface area contributed by atoms with Gasteiger partial charge in [0, 0.05) is 0 Å². The molecule has 1 unspecified atom stereocenters. The standard InChI is InChI=1S/C12H26O4S/c1-3-9-12(2)10-7-5-4-6-8-11-16-17(13,14)15/h12H,3-11H2,1-2H3,(H,13,14,15). The minimum absolute atomic E-state index is 0.0884. The molecule has 4 nitrogen and oxygen atoms in total. The predicted octanol–water partition coefficient (Wildman–Crippen LogP) is 3.58. The molecule has 0 amide bonds. The fourth-order valence-corrected chi connectivity index (χ4v) is 2.26. The summed E-state index contributed by atoms with van der Waals surface area (Å²) >= 11 is 0. The lowest BCUT2D eigenvalue weighted by atomic mass is 9.98. The molecule has 1 atom stereocenters. The van der Waals surface area contributed by atoms with E-state index in [1.807, 2.05) is 0 Å². The second kappa shape index (κ2) is 9.85. The quantitative estimate of drug-likeness (QED) is 0.458. The zero-order valence-corrected chi connectivity index (χ0v) is 11.8. The lowest BCUT2D eigenvalue weighted by Crippen LogP contribution is -2.04. The molecule has 104 valence electrons. The third-order valence-electron chi connectivity index (χ3n) is 2.85. The second-order valence-corrected chi connectivity index (χ2v) is 5.79. The van der Waals surface area contributed by atoms with Gasteiger partial charge in [0.25, 0.3) is 0 Å². The van der Waals surface area contributed by atoms with Gasteiger partial charge >= 0.3 is 10.4 Å². The van der Waals surface area contributed by atoms with E-state index in [0.717, 1.165) is 18.8 Å². The highest BCUT2D eigenvalue weighted by atomic mass is 32.3. The van der Waals surface area contributed by atoms with E-state index in [0.29, 0.717) is 6.42 Å². The van der Waals surface area contributed by atoms with E-state index >= 15 is 0 Å². The third-order valence-corrected chi connectivity index (χ3v) is 3.32.